The van der Waals surface area contributed by atoms with Gasteiger partial charge in [-0.3, -0.25) is 4.79 Å². The van der Waals surface area contributed by atoms with Gasteiger partial charge in [-0.25, -0.2) is 9.59 Å². The van der Waals surface area contributed by atoms with Crippen LogP contribution in [0.4, 0.5) is 4.79 Å². The van der Waals surface area contributed by atoms with Crippen molar-refractivity contribution >= 4 is 41.2 Å². The van der Waals surface area contributed by atoms with Gasteiger partial charge in [0, 0.05) is 12.3 Å². The van der Waals surface area contributed by atoms with Crippen LogP contribution in [0.25, 0.3) is 0 Å². The van der Waals surface area contributed by atoms with E-state index in [1.807, 2.05) is 0 Å². The van der Waals surface area contributed by atoms with E-state index < -0.39 is 64.4 Å². The zero-order valence-corrected chi connectivity index (χ0v) is 21.2. The molecule has 1 heterocycles. The molecular formula is C23H28Cl2N2O9. The SMILES string of the molecule is COc1ccc(COC(=O)N[C@@H](C)C(=O)N[C@@H]2[C@H]3C(=C(O)C[C@@H](O)[C@@H]3O)C(=O)O[C@]2(C)C(Cl)Cl)cc1. The maximum Gasteiger partial charge on any atom is 0.408 e. The number of methoxy groups -OCH3 is 1. The number of halogens is 2. The van der Waals surface area contributed by atoms with Crippen molar-refractivity contribution in [1.82, 2.24) is 10.6 Å². The molecule has 0 bridgehead atoms. The van der Waals surface area contributed by atoms with Gasteiger partial charge in [0.05, 0.1) is 30.9 Å². The molecule has 5 N–H and O–H groups in total. The molecule has 1 aromatic rings. The fraction of sp³-hybridized carbons (Fsp3) is 0.522. The summed E-state index contributed by atoms with van der Waals surface area (Å²) < 4.78 is 15.6. The van der Waals surface area contributed by atoms with E-state index >= 15 is 0 Å². The van der Waals surface area contributed by atoms with Gasteiger partial charge in [-0.15, -0.1) is 23.2 Å². The molecule has 1 aromatic carbocycles. The van der Waals surface area contributed by atoms with Crippen molar-refractivity contribution in [1.29, 1.82) is 0 Å². The number of nitrogens with one attached hydrogen (secondary N) is 2. The number of rotatable bonds is 7. The maximum atomic E-state index is 13.0. The average molecular weight is 547 g/mol. The first kappa shape index (κ1) is 27.9. The van der Waals surface area contributed by atoms with Gasteiger partial charge in [0.1, 0.15) is 29.0 Å². The third kappa shape index (κ3) is 5.64. The monoisotopic (exact) mass is 546 g/mol. The van der Waals surface area contributed by atoms with Crippen molar-refractivity contribution in [3.8, 4) is 5.75 Å². The molecule has 36 heavy (non-hydrogen) atoms. The maximum absolute atomic E-state index is 13.0. The number of hydrogen-bond donors (Lipinski definition) is 5. The van der Waals surface area contributed by atoms with Crippen LogP contribution in [0.5, 0.6) is 5.75 Å². The largest absolute Gasteiger partial charge is 0.512 e. The van der Waals surface area contributed by atoms with E-state index in [9.17, 15) is 29.7 Å². The molecule has 13 heteroatoms. The molecule has 6 atom stereocenters. The van der Waals surface area contributed by atoms with Gasteiger partial charge in [-0.2, -0.15) is 0 Å². The summed E-state index contributed by atoms with van der Waals surface area (Å²) in [7, 11) is 1.53. The topological polar surface area (TPSA) is 164 Å². The Labute approximate surface area is 217 Å². The highest BCUT2D eigenvalue weighted by molar-refractivity contribution is 6.45. The van der Waals surface area contributed by atoms with Gasteiger partial charge in [-0.1, -0.05) is 12.1 Å². The second-order valence-corrected chi connectivity index (χ2v) is 9.90. The molecule has 0 spiro atoms. The molecule has 1 saturated heterocycles. The third-order valence-electron chi connectivity index (χ3n) is 6.31. The number of aliphatic hydroxyl groups is 3. The Kier molecular flexibility index (Phi) is 8.60. The molecule has 1 fully saturated rings. The van der Waals surface area contributed by atoms with Crippen LogP contribution in [0, 0.1) is 5.92 Å². The molecule has 0 unspecified atom stereocenters. The molecule has 2 aliphatic rings. The molecule has 3 rings (SSSR count). The first-order chi connectivity index (χ1) is 16.9. The van der Waals surface area contributed by atoms with Crippen LogP contribution in [0.15, 0.2) is 35.6 Å². The number of ether oxygens (including phenoxy) is 3. The van der Waals surface area contributed by atoms with E-state index in [-0.39, 0.29) is 18.6 Å². The fourth-order valence-corrected chi connectivity index (χ4v) is 4.53. The molecule has 0 saturated carbocycles. The molecule has 198 valence electrons. The Hall–Kier alpha value is -2.73. The molecule has 0 aromatic heterocycles. The van der Waals surface area contributed by atoms with Gasteiger partial charge in [0.25, 0.3) is 0 Å². The van der Waals surface area contributed by atoms with Crippen molar-refractivity contribution in [2.45, 2.75) is 61.6 Å². The van der Waals surface area contributed by atoms with Crippen LogP contribution in [-0.2, 0) is 25.7 Å². The second-order valence-electron chi connectivity index (χ2n) is 8.80. The van der Waals surface area contributed by atoms with E-state index in [0.717, 1.165) is 0 Å². The van der Waals surface area contributed by atoms with Crippen LogP contribution in [0.3, 0.4) is 0 Å². The molecule has 11 nitrogen and oxygen atoms in total. The summed E-state index contributed by atoms with van der Waals surface area (Å²) in [4.78, 5) is 36.5. The number of alkyl carbamates (subject to hydrolysis) is 1. The Morgan fingerprint density at radius 2 is 1.89 bits per heavy atom. The van der Waals surface area contributed by atoms with E-state index in [2.05, 4.69) is 10.6 Å². The van der Waals surface area contributed by atoms with Gasteiger partial charge in [-0.05, 0) is 31.5 Å². The highest BCUT2D eigenvalue weighted by Gasteiger charge is 2.59. The fourth-order valence-electron chi connectivity index (χ4n) is 4.17. The summed E-state index contributed by atoms with van der Waals surface area (Å²) in [5.41, 5.74) is -1.33. The normalized spacial score (nSPS) is 28.6. The summed E-state index contributed by atoms with van der Waals surface area (Å²) >= 11 is 12.2. The highest BCUT2D eigenvalue weighted by Crippen LogP contribution is 2.45. The second kappa shape index (κ2) is 11.1. The summed E-state index contributed by atoms with van der Waals surface area (Å²) in [6, 6.07) is 4.45. The van der Waals surface area contributed by atoms with Crippen molar-refractivity contribution in [2.24, 2.45) is 5.92 Å². The smallest absolute Gasteiger partial charge is 0.408 e. The Bertz CT molecular complexity index is 1030. The lowest BCUT2D eigenvalue weighted by atomic mass is 9.71. The van der Waals surface area contributed by atoms with Gasteiger partial charge >= 0.3 is 12.1 Å². The van der Waals surface area contributed by atoms with Crippen LogP contribution in [-0.4, -0.2) is 75.1 Å². The quantitative estimate of drug-likeness (QED) is 0.251. The molecule has 0 radical (unpaired) electrons. The summed E-state index contributed by atoms with van der Waals surface area (Å²) in [5, 5.41) is 36.1. The van der Waals surface area contributed by atoms with Crippen LogP contribution < -0.4 is 15.4 Å². The lowest BCUT2D eigenvalue weighted by Crippen LogP contribution is -2.69. The average Bonchev–Trinajstić information content (AvgIpc) is 2.82. The van der Waals surface area contributed by atoms with Crippen LogP contribution >= 0.6 is 23.2 Å². The van der Waals surface area contributed by atoms with Gasteiger partial charge < -0.3 is 40.2 Å². The van der Waals surface area contributed by atoms with Crippen molar-refractivity contribution in [3.63, 3.8) is 0 Å². The highest BCUT2D eigenvalue weighted by atomic mass is 35.5. The molecular weight excluding hydrogens is 519 g/mol. The van der Waals surface area contributed by atoms with Crippen LogP contribution in [0.1, 0.15) is 25.8 Å². The Balaban J connectivity index is 1.71. The minimum Gasteiger partial charge on any atom is -0.512 e. The lowest BCUT2D eigenvalue weighted by Gasteiger charge is -2.50. The standard InChI is InChI=1S/C23H28Cl2N2O9/c1-10(26-22(33)35-9-11-4-6-12(34-3)7-5-11)19(31)27-18-16-15(13(28)8-14(29)17(16)30)20(32)36-23(18,2)21(24)25/h4-7,10,14,16-18,21,28-30H,8-9H2,1-3H3,(H,26,33)(H,27,31)/t10-,14+,16-,17-,18+,23-/m0/s1. The number of carbonyl (C=O) groups excluding carboxylic acids is 3. The lowest BCUT2D eigenvalue weighted by molar-refractivity contribution is -0.173. The number of hydrogen-bond acceptors (Lipinski definition) is 9. The van der Waals surface area contributed by atoms with Crippen molar-refractivity contribution < 1.29 is 43.9 Å². The number of aliphatic hydroxyl groups excluding tert-OH is 3. The number of carbonyl (C=O) groups is 3. The number of amides is 2. The van der Waals surface area contributed by atoms with Gasteiger partial charge in [0.15, 0.2) is 5.60 Å². The summed E-state index contributed by atoms with van der Waals surface area (Å²) in [6.45, 7) is 2.68. The first-order valence-corrected chi connectivity index (χ1v) is 11.9. The first-order valence-electron chi connectivity index (χ1n) is 11.0. The van der Waals surface area contributed by atoms with Gasteiger partial charge in [0.2, 0.25) is 5.91 Å². The predicted molar refractivity (Wildman–Crippen MR) is 127 cm³/mol. The van der Waals surface area contributed by atoms with Crippen molar-refractivity contribution in [2.75, 3.05) is 7.11 Å². The zero-order chi connectivity index (χ0) is 26.8. The van der Waals surface area contributed by atoms with Crippen LogP contribution in [0.2, 0.25) is 0 Å². The third-order valence-corrected chi connectivity index (χ3v) is 7.17. The zero-order valence-electron chi connectivity index (χ0n) is 19.7. The summed E-state index contributed by atoms with van der Waals surface area (Å²) in [6.07, 6.45) is -4.20. The van der Waals surface area contributed by atoms with E-state index in [1.165, 1.54) is 21.0 Å². The van der Waals surface area contributed by atoms with E-state index in [1.54, 1.807) is 24.3 Å². The van der Waals surface area contributed by atoms with E-state index in [0.29, 0.717) is 11.3 Å². The minimum absolute atomic E-state index is 0.0550. The minimum atomic E-state index is -1.74. The number of cyclic esters (lactones) is 1. The van der Waals surface area contributed by atoms with E-state index in [4.69, 9.17) is 37.4 Å². The number of esters is 1. The number of fused-ring (bicyclic) bond motifs is 1. The molecule has 2 amide bonds. The van der Waals surface area contributed by atoms with Crippen molar-refractivity contribution in [3.05, 3.63) is 41.2 Å². The molecule has 1 aliphatic carbocycles. The predicted octanol–water partition coefficient (Wildman–Crippen LogP) is 1.47. The number of alkyl halides is 2. The number of benzene rings is 1. The summed E-state index contributed by atoms with van der Waals surface area (Å²) in [5.74, 6) is -2.83. The Morgan fingerprint density at radius 3 is 2.47 bits per heavy atom. The molecule has 1 aliphatic heterocycles. The Morgan fingerprint density at radius 1 is 1.25 bits per heavy atom.